The number of nitrogens with one attached hydrogen (secondary N) is 2. The van der Waals surface area contributed by atoms with Gasteiger partial charge in [-0.25, -0.2) is 9.97 Å². The molecule has 1 aliphatic heterocycles. The monoisotopic (exact) mass is 553 g/mol. The molecule has 5 rings (SSSR count). The van der Waals surface area contributed by atoms with Gasteiger partial charge in [0.1, 0.15) is 11.2 Å². The van der Waals surface area contributed by atoms with Crippen LogP contribution in [0.5, 0.6) is 0 Å². The van der Waals surface area contributed by atoms with E-state index in [1.807, 2.05) is 0 Å². The van der Waals surface area contributed by atoms with Crippen LogP contribution >= 0.6 is 0 Å². The molecule has 0 atom stereocenters. The Morgan fingerprint density at radius 1 is 1.07 bits per heavy atom. The van der Waals surface area contributed by atoms with Crippen LogP contribution in [0, 0.1) is 6.92 Å². The fourth-order valence-corrected chi connectivity index (χ4v) is 4.55. The Balaban J connectivity index is 1.48. The van der Waals surface area contributed by atoms with Gasteiger partial charge in [0, 0.05) is 49.7 Å². The van der Waals surface area contributed by atoms with Gasteiger partial charge in [0.2, 0.25) is 5.95 Å². The molecule has 4 aromatic rings. The maximum Gasteiger partial charge on any atom is 0.418 e. The molecule has 1 saturated heterocycles. The van der Waals surface area contributed by atoms with E-state index in [1.165, 1.54) is 22.9 Å². The van der Waals surface area contributed by atoms with Crippen LogP contribution in [0.3, 0.4) is 0 Å². The Hall–Kier alpha value is -4.52. The van der Waals surface area contributed by atoms with Crippen molar-refractivity contribution in [2.24, 2.45) is 7.05 Å². The van der Waals surface area contributed by atoms with Crippen LogP contribution in [0.2, 0.25) is 0 Å². The summed E-state index contributed by atoms with van der Waals surface area (Å²) in [6.07, 6.45) is -3.16. The summed E-state index contributed by atoms with van der Waals surface area (Å²) < 4.78 is 48.4. The number of carbonyl (C=O) groups excluding carboxylic acids is 1. The zero-order chi connectivity index (χ0) is 28.6. The first-order valence-electron chi connectivity index (χ1n) is 12.4. The number of alkyl halides is 3. The van der Waals surface area contributed by atoms with E-state index in [0.717, 1.165) is 6.07 Å². The molecule has 0 radical (unpaired) electrons. The molecule has 1 amide bonds. The Morgan fingerprint density at radius 2 is 1.82 bits per heavy atom. The van der Waals surface area contributed by atoms with Gasteiger partial charge in [0.05, 0.1) is 25.0 Å². The summed E-state index contributed by atoms with van der Waals surface area (Å²) in [7, 11) is 3.23. The van der Waals surface area contributed by atoms with E-state index in [4.69, 9.17) is 4.74 Å². The van der Waals surface area contributed by atoms with Gasteiger partial charge < -0.3 is 20.3 Å². The number of amides is 1. The fraction of sp³-hybridized carbons (Fsp3) is 0.296. The first-order valence-corrected chi connectivity index (χ1v) is 12.4. The summed E-state index contributed by atoms with van der Waals surface area (Å²) in [5.41, 5.74) is 0.882. The molecule has 1 aliphatic rings. The highest BCUT2D eigenvalue weighted by Gasteiger charge is 2.36. The van der Waals surface area contributed by atoms with Crippen LogP contribution in [0.1, 0.15) is 21.5 Å². The predicted octanol–water partition coefficient (Wildman–Crippen LogP) is 3.85. The average molecular weight is 554 g/mol. The van der Waals surface area contributed by atoms with Gasteiger partial charge in [-0.2, -0.15) is 18.2 Å². The van der Waals surface area contributed by atoms with Crippen molar-refractivity contribution in [1.82, 2.24) is 19.5 Å². The van der Waals surface area contributed by atoms with Crippen LogP contribution in [-0.2, 0) is 18.0 Å². The third-order valence-electron chi connectivity index (χ3n) is 6.70. The minimum absolute atomic E-state index is 0.00835. The van der Waals surface area contributed by atoms with Crippen LogP contribution in [0.4, 0.5) is 30.5 Å². The van der Waals surface area contributed by atoms with Crippen molar-refractivity contribution in [3.63, 3.8) is 0 Å². The first-order chi connectivity index (χ1) is 19.1. The van der Waals surface area contributed by atoms with Crippen molar-refractivity contribution in [3.05, 3.63) is 69.6 Å². The molecule has 10 nitrogen and oxygen atoms in total. The number of anilines is 3. The number of aryl methyl sites for hydroxylation is 2. The maximum absolute atomic E-state index is 13.9. The van der Waals surface area contributed by atoms with Gasteiger partial charge >= 0.3 is 6.18 Å². The molecule has 13 heteroatoms. The standard InChI is InChI=1S/C27H26F3N7O3/c1-15-4-6-17(13-18(15)22-25(39)36(3)23-20(34-22)14-32-26(31-2)35-23)33-24(38)16-5-7-21(19(12-16)27(28,29)30)37-8-10-40-11-9-37/h4-7,12-14H,8-11H2,1-3H3,(H,33,38)(H,31,32,35). The molecule has 0 spiro atoms. The first kappa shape index (κ1) is 27.1. The summed E-state index contributed by atoms with van der Waals surface area (Å²) in [5, 5.41) is 5.47. The number of carbonyl (C=O) groups is 1. The minimum atomic E-state index is -4.65. The van der Waals surface area contributed by atoms with Crippen molar-refractivity contribution >= 4 is 34.4 Å². The molecular formula is C27H26F3N7O3. The third-order valence-corrected chi connectivity index (χ3v) is 6.70. The smallest absolute Gasteiger partial charge is 0.378 e. The van der Waals surface area contributed by atoms with Gasteiger partial charge in [0.25, 0.3) is 11.5 Å². The normalized spacial score (nSPS) is 13.9. The molecule has 2 N–H and O–H groups in total. The summed E-state index contributed by atoms with van der Waals surface area (Å²) in [4.78, 5) is 40.8. The Morgan fingerprint density at radius 3 is 2.52 bits per heavy atom. The van der Waals surface area contributed by atoms with Gasteiger partial charge in [-0.3, -0.25) is 14.2 Å². The lowest BCUT2D eigenvalue weighted by Crippen LogP contribution is -2.37. The number of ether oxygens (including phenoxy) is 1. The molecule has 0 saturated carbocycles. The minimum Gasteiger partial charge on any atom is -0.378 e. The molecular weight excluding hydrogens is 527 g/mol. The number of hydrogen-bond acceptors (Lipinski definition) is 8. The van der Waals surface area contributed by atoms with E-state index in [-0.39, 0.29) is 16.9 Å². The largest absolute Gasteiger partial charge is 0.418 e. The molecule has 0 unspecified atom stereocenters. The molecule has 2 aromatic carbocycles. The van der Waals surface area contributed by atoms with E-state index >= 15 is 0 Å². The van der Waals surface area contributed by atoms with E-state index in [2.05, 4.69) is 25.6 Å². The number of nitrogens with zero attached hydrogens (tertiary/aromatic N) is 5. The van der Waals surface area contributed by atoms with Gasteiger partial charge in [-0.05, 0) is 42.8 Å². The molecule has 3 heterocycles. The van der Waals surface area contributed by atoms with E-state index in [0.29, 0.717) is 60.2 Å². The lowest BCUT2D eigenvalue weighted by atomic mass is 10.0. The lowest BCUT2D eigenvalue weighted by molar-refractivity contribution is -0.137. The van der Waals surface area contributed by atoms with Crippen molar-refractivity contribution in [2.45, 2.75) is 13.1 Å². The zero-order valence-corrected chi connectivity index (χ0v) is 22.0. The lowest BCUT2D eigenvalue weighted by Gasteiger charge is -2.31. The highest BCUT2D eigenvalue weighted by molar-refractivity contribution is 6.05. The summed E-state index contributed by atoms with van der Waals surface area (Å²) >= 11 is 0. The highest BCUT2D eigenvalue weighted by Crippen LogP contribution is 2.38. The van der Waals surface area contributed by atoms with E-state index < -0.39 is 23.2 Å². The number of hydrogen-bond donors (Lipinski definition) is 2. The van der Waals surface area contributed by atoms with E-state index in [1.54, 1.807) is 44.1 Å². The molecule has 0 bridgehead atoms. The van der Waals surface area contributed by atoms with Crippen LogP contribution in [0.15, 0.2) is 47.4 Å². The molecule has 2 aromatic heterocycles. The average Bonchev–Trinajstić information content (AvgIpc) is 2.95. The Labute approximate surface area is 226 Å². The third kappa shape index (κ3) is 5.19. The molecule has 40 heavy (non-hydrogen) atoms. The predicted molar refractivity (Wildman–Crippen MR) is 145 cm³/mol. The van der Waals surface area contributed by atoms with Crippen molar-refractivity contribution < 1.29 is 22.7 Å². The molecule has 1 fully saturated rings. The summed E-state index contributed by atoms with van der Waals surface area (Å²) in [6.45, 7) is 3.09. The number of morpholine rings is 1. The zero-order valence-electron chi connectivity index (χ0n) is 22.0. The number of halogens is 3. The van der Waals surface area contributed by atoms with Crippen LogP contribution < -0.4 is 21.1 Å². The number of fused-ring (bicyclic) bond motifs is 1. The number of rotatable bonds is 5. The number of benzene rings is 2. The molecule has 0 aliphatic carbocycles. The van der Waals surface area contributed by atoms with Gasteiger partial charge in [0.15, 0.2) is 5.65 Å². The van der Waals surface area contributed by atoms with E-state index in [9.17, 15) is 22.8 Å². The van der Waals surface area contributed by atoms with Crippen molar-refractivity contribution in [2.75, 3.05) is 48.9 Å². The topological polar surface area (TPSA) is 114 Å². The van der Waals surface area contributed by atoms with Crippen LogP contribution in [-0.4, -0.2) is 58.8 Å². The summed E-state index contributed by atoms with van der Waals surface area (Å²) in [6, 6.07) is 8.41. The SMILES string of the molecule is CNc1ncc2nc(-c3cc(NC(=O)c4ccc(N5CCOCC5)c(C(F)(F)F)c4)ccc3C)c(=O)n(C)c2n1. The second-order valence-electron chi connectivity index (χ2n) is 9.29. The fourth-order valence-electron chi connectivity index (χ4n) is 4.55. The quantitative estimate of drug-likeness (QED) is 0.383. The van der Waals surface area contributed by atoms with Gasteiger partial charge in [-0.1, -0.05) is 6.07 Å². The maximum atomic E-state index is 13.9. The number of aromatic nitrogens is 4. The highest BCUT2D eigenvalue weighted by atomic mass is 19.4. The summed E-state index contributed by atoms with van der Waals surface area (Å²) in [5.74, 6) is -0.384. The van der Waals surface area contributed by atoms with Crippen molar-refractivity contribution in [3.8, 4) is 11.3 Å². The Kier molecular flexibility index (Phi) is 7.15. The van der Waals surface area contributed by atoms with Crippen molar-refractivity contribution in [1.29, 1.82) is 0 Å². The Bertz CT molecular complexity index is 1660. The van der Waals surface area contributed by atoms with Crippen LogP contribution in [0.25, 0.3) is 22.4 Å². The molecule has 208 valence electrons. The second-order valence-corrected chi connectivity index (χ2v) is 9.29. The van der Waals surface area contributed by atoms with Gasteiger partial charge in [-0.15, -0.1) is 0 Å². The second kappa shape index (κ2) is 10.6.